The topological polar surface area (TPSA) is 63.4 Å². The first-order valence-electron chi connectivity index (χ1n) is 5.99. The molecule has 0 saturated carbocycles. The number of benzene rings is 1. The van der Waals surface area contributed by atoms with Crippen molar-refractivity contribution in [2.24, 2.45) is 0 Å². The quantitative estimate of drug-likeness (QED) is 0.697. The van der Waals surface area contributed by atoms with Gasteiger partial charge in [0.05, 0.1) is 5.69 Å². The maximum Gasteiger partial charge on any atom is 0.257 e. The van der Waals surface area contributed by atoms with E-state index in [9.17, 15) is 9.59 Å². The summed E-state index contributed by atoms with van der Waals surface area (Å²) < 4.78 is 0. The zero-order valence-corrected chi connectivity index (χ0v) is 11.8. The normalized spacial score (nSPS) is 10.7. The van der Waals surface area contributed by atoms with Crippen LogP contribution >= 0.6 is 11.3 Å². The molecule has 4 nitrogen and oxygen atoms in total. The molecule has 102 valence electrons. The monoisotopic (exact) mass is 286 g/mol. The fourth-order valence-corrected chi connectivity index (χ4v) is 2.32. The maximum absolute atomic E-state index is 12.2. The van der Waals surface area contributed by atoms with E-state index in [0.29, 0.717) is 11.4 Å². The Morgan fingerprint density at radius 2 is 1.90 bits per heavy atom. The van der Waals surface area contributed by atoms with Crippen LogP contribution in [-0.2, 0) is 9.59 Å². The van der Waals surface area contributed by atoms with E-state index in [1.165, 1.54) is 24.3 Å². The van der Waals surface area contributed by atoms with Gasteiger partial charge in [-0.2, -0.15) is 0 Å². The number of nitrogens with zero attached hydrogens (tertiary/aromatic N) is 1. The van der Waals surface area contributed by atoms with E-state index in [1.54, 1.807) is 30.3 Å². The number of nitrogens with two attached hydrogens (primary N) is 1. The Labute approximate surface area is 121 Å². The van der Waals surface area contributed by atoms with Crippen LogP contribution in [0.3, 0.4) is 0 Å². The van der Waals surface area contributed by atoms with Gasteiger partial charge in [0, 0.05) is 23.6 Å². The van der Waals surface area contributed by atoms with E-state index in [-0.39, 0.29) is 11.8 Å². The van der Waals surface area contributed by atoms with Crippen LogP contribution in [0.4, 0.5) is 11.4 Å². The molecule has 0 bridgehead atoms. The summed E-state index contributed by atoms with van der Waals surface area (Å²) in [6, 6.07) is 10.4. The fraction of sp³-hybridized carbons (Fsp3) is 0.0667. The van der Waals surface area contributed by atoms with E-state index in [1.807, 2.05) is 17.5 Å². The summed E-state index contributed by atoms with van der Waals surface area (Å²) in [6.07, 6.45) is 3.09. The number of amides is 2. The molecule has 0 radical (unpaired) electrons. The Morgan fingerprint density at radius 3 is 2.45 bits per heavy atom. The van der Waals surface area contributed by atoms with Crippen molar-refractivity contribution in [1.29, 1.82) is 0 Å². The number of hydrogen-bond acceptors (Lipinski definition) is 4. The first kappa shape index (κ1) is 14.0. The average molecular weight is 286 g/mol. The number of rotatable bonds is 3. The number of hydrogen-bond donors (Lipinski definition) is 1. The average Bonchev–Trinajstić information content (AvgIpc) is 2.92. The van der Waals surface area contributed by atoms with Gasteiger partial charge < -0.3 is 5.73 Å². The molecule has 0 aliphatic carbocycles. The molecule has 1 heterocycles. The lowest BCUT2D eigenvalue weighted by atomic mass is 10.2. The van der Waals surface area contributed by atoms with Gasteiger partial charge in [-0.3, -0.25) is 9.59 Å². The van der Waals surface area contributed by atoms with Crippen LogP contribution in [0.25, 0.3) is 6.08 Å². The molecule has 0 unspecified atom stereocenters. The molecule has 0 atom stereocenters. The minimum atomic E-state index is -0.379. The SMILES string of the molecule is CC(=O)N(C(=O)/C=C/c1cccs1)c1ccc(N)cc1. The molecular weight excluding hydrogens is 272 g/mol. The number of nitrogen functional groups attached to an aromatic ring is 1. The molecule has 0 saturated heterocycles. The summed E-state index contributed by atoms with van der Waals surface area (Å²) in [5, 5.41) is 1.92. The van der Waals surface area contributed by atoms with E-state index in [2.05, 4.69) is 0 Å². The van der Waals surface area contributed by atoms with Gasteiger partial charge in [0.15, 0.2) is 0 Å². The number of carbonyl (C=O) groups excluding carboxylic acids is 2. The minimum absolute atomic E-state index is 0.337. The number of carbonyl (C=O) groups is 2. The Bertz CT molecular complexity index is 630. The molecule has 0 aliphatic heterocycles. The molecular formula is C15H14N2O2S. The van der Waals surface area contributed by atoms with E-state index in [0.717, 1.165) is 9.78 Å². The lowest BCUT2D eigenvalue weighted by molar-refractivity contribution is -0.122. The van der Waals surface area contributed by atoms with Gasteiger partial charge in [0.2, 0.25) is 5.91 Å². The maximum atomic E-state index is 12.2. The third-order valence-corrected chi connectivity index (χ3v) is 3.46. The van der Waals surface area contributed by atoms with Crippen LogP contribution in [0.15, 0.2) is 47.9 Å². The van der Waals surface area contributed by atoms with Crippen molar-refractivity contribution in [3.8, 4) is 0 Å². The van der Waals surface area contributed by atoms with Crippen molar-refractivity contribution in [3.63, 3.8) is 0 Å². The van der Waals surface area contributed by atoms with E-state index in [4.69, 9.17) is 5.73 Å². The van der Waals surface area contributed by atoms with Gasteiger partial charge in [-0.05, 0) is 41.8 Å². The summed E-state index contributed by atoms with van der Waals surface area (Å²) in [7, 11) is 0. The van der Waals surface area contributed by atoms with Crippen molar-refractivity contribution in [2.45, 2.75) is 6.92 Å². The first-order chi connectivity index (χ1) is 9.58. The zero-order chi connectivity index (χ0) is 14.5. The van der Waals surface area contributed by atoms with Crippen molar-refractivity contribution >= 4 is 40.6 Å². The molecule has 2 amide bonds. The second kappa shape index (κ2) is 6.16. The Kier molecular flexibility index (Phi) is 4.32. The van der Waals surface area contributed by atoms with Gasteiger partial charge in [-0.25, -0.2) is 4.90 Å². The lowest BCUT2D eigenvalue weighted by Gasteiger charge is -2.17. The number of imide groups is 1. The predicted molar refractivity (Wildman–Crippen MR) is 82.4 cm³/mol. The van der Waals surface area contributed by atoms with Crippen molar-refractivity contribution in [3.05, 3.63) is 52.7 Å². The van der Waals surface area contributed by atoms with Crippen molar-refractivity contribution in [2.75, 3.05) is 10.6 Å². The third kappa shape index (κ3) is 3.33. The minimum Gasteiger partial charge on any atom is -0.399 e. The second-order valence-electron chi connectivity index (χ2n) is 4.13. The molecule has 2 rings (SSSR count). The predicted octanol–water partition coefficient (Wildman–Crippen LogP) is 2.92. The Hall–Kier alpha value is -2.40. The molecule has 2 N–H and O–H groups in total. The fourth-order valence-electron chi connectivity index (χ4n) is 1.70. The highest BCUT2D eigenvalue weighted by Gasteiger charge is 2.17. The van der Waals surface area contributed by atoms with E-state index < -0.39 is 0 Å². The van der Waals surface area contributed by atoms with Gasteiger partial charge in [-0.15, -0.1) is 11.3 Å². The van der Waals surface area contributed by atoms with Crippen LogP contribution in [0, 0.1) is 0 Å². The molecule has 0 fully saturated rings. The van der Waals surface area contributed by atoms with Crippen LogP contribution in [0.2, 0.25) is 0 Å². The number of anilines is 2. The Balaban J connectivity index is 2.22. The smallest absolute Gasteiger partial charge is 0.257 e. The Morgan fingerprint density at radius 1 is 1.20 bits per heavy atom. The molecule has 2 aromatic rings. The zero-order valence-electron chi connectivity index (χ0n) is 10.9. The van der Waals surface area contributed by atoms with Crippen LogP contribution < -0.4 is 10.6 Å². The highest BCUT2D eigenvalue weighted by molar-refractivity contribution is 7.10. The summed E-state index contributed by atoms with van der Waals surface area (Å²) >= 11 is 1.52. The molecule has 0 aliphatic rings. The first-order valence-corrected chi connectivity index (χ1v) is 6.87. The summed E-state index contributed by atoms with van der Waals surface area (Å²) in [5.41, 5.74) is 6.69. The summed E-state index contributed by atoms with van der Waals surface area (Å²) in [4.78, 5) is 25.9. The number of thiophene rings is 1. The molecule has 1 aromatic carbocycles. The van der Waals surface area contributed by atoms with Gasteiger partial charge in [0.1, 0.15) is 0 Å². The summed E-state index contributed by atoms with van der Waals surface area (Å²) in [5.74, 6) is -0.716. The third-order valence-electron chi connectivity index (χ3n) is 2.62. The second-order valence-corrected chi connectivity index (χ2v) is 5.11. The standard InChI is InChI=1S/C15H14N2O2S/c1-11(18)17(13-6-4-12(16)5-7-13)15(19)9-8-14-3-2-10-20-14/h2-10H,16H2,1H3/b9-8+. The van der Waals surface area contributed by atoms with Crippen molar-refractivity contribution < 1.29 is 9.59 Å². The lowest BCUT2D eigenvalue weighted by Crippen LogP contribution is -2.33. The largest absolute Gasteiger partial charge is 0.399 e. The molecule has 0 spiro atoms. The van der Waals surface area contributed by atoms with Gasteiger partial charge >= 0.3 is 0 Å². The van der Waals surface area contributed by atoms with E-state index >= 15 is 0 Å². The van der Waals surface area contributed by atoms with Gasteiger partial charge in [0.25, 0.3) is 5.91 Å². The molecule has 20 heavy (non-hydrogen) atoms. The molecule has 5 heteroatoms. The van der Waals surface area contributed by atoms with Crippen LogP contribution in [0.5, 0.6) is 0 Å². The van der Waals surface area contributed by atoms with Crippen molar-refractivity contribution in [1.82, 2.24) is 0 Å². The highest BCUT2D eigenvalue weighted by atomic mass is 32.1. The van der Waals surface area contributed by atoms with Gasteiger partial charge in [-0.1, -0.05) is 6.07 Å². The molecule has 1 aromatic heterocycles. The van der Waals surface area contributed by atoms with Crippen LogP contribution in [-0.4, -0.2) is 11.8 Å². The van der Waals surface area contributed by atoms with Crippen LogP contribution in [0.1, 0.15) is 11.8 Å². The highest BCUT2D eigenvalue weighted by Crippen LogP contribution is 2.18. The summed E-state index contributed by atoms with van der Waals surface area (Å²) in [6.45, 7) is 1.35.